The molecule has 0 bridgehead atoms. The molecule has 1 N–H and O–H groups in total. The number of nitrogens with one attached hydrogen (secondary N) is 1. The molecule has 1 saturated carbocycles. The van der Waals surface area contributed by atoms with Gasteiger partial charge in [-0.1, -0.05) is 0 Å². The van der Waals surface area contributed by atoms with E-state index in [2.05, 4.69) is 10.2 Å². The van der Waals surface area contributed by atoms with Gasteiger partial charge in [0.15, 0.2) is 0 Å². The maximum Gasteiger partial charge on any atom is 0.223 e. The first-order valence-corrected chi connectivity index (χ1v) is 7.85. The molecular formula is C16H24N2O2. The molecule has 4 heteroatoms. The van der Waals surface area contributed by atoms with Crippen molar-refractivity contribution in [1.29, 1.82) is 0 Å². The van der Waals surface area contributed by atoms with Gasteiger partial charge >= 0.3 is 0 Å². The number of carbonyl (C=O) groups is 1. The van der Waals surface area contributed by atoms with Crippen molar-refractivity contribution >= 4 is 5.91 Å². The van der Waals surface area contributed by atoms with Crippen molar-refractivity contribution in [1.82, 2.24) is 10.2 Å². The molecule has 0 aromatic carbocycles. The lowest BCUT2D eigenvalue weighted by atomic mass is 9.98. The molecular weight excluding hydrogens is 252 g/mol. The van der Waals surface area contributed by atoms with Gasteiger partial charge in [0.25, 0.3) is 0 Å². The fraction of sp³-hybridized carbons (Fsp3) is 0.688. The van der Waals surface area contributed by atoms with E-state index in [0.29, 0.717) is 24.3 Å². The molecule has 1 aliphatic heterocycles. The van der Waals surface area contributed by atoms with Gasteiger partial charge in [0.05, 0.1) is 6.26 Å². The van der Waals surface area contributed by atoms with Crippen LogP contribution in [0.15, 0.2) is 22.8 Å². The number of piperidine rings is 1. The fourth-order valence-corrected chi connectivity index (χ4v) is 3.03. The van der Waals surface area contributed by atoms with Gasteiger partial charge in [-0.05, 0) is 56.8 Å². The van der Waals surface area contributed by atoms with Crippen molar-refractivity contribution in [2.75, 3.05) is 19.6 Å². The Bertz CT molecular complexity index is 420. The lowest BCUT2D eigenvalue weighted by Gasteiger charge is -2.30. The maximum atomic E-state index is 12.5. The van der Waals surface area contributed by atoms with Crippen LogP contribution in [0.3, 0.4) is 0 Å². The second-order valence-corrected chi connectivity index (χ2v) is 6.07. The number of rotatable bonds is 6. The molecule has 1 aliphatic carbocycles. The number of furan rings is 1. The van der Waals surface area contributed by atoms with Crippen molar-refractivity contribution in [3.05, 3.63) is 24.2 Å². The second-order valence-electron chi connectivity index (χ2n) is 6.07. The van der Waals surface area contributed by atoms with Gasteiger partial charge < -0.3 is 14.6 Å². The highest BCUT2D eigenvalue weighted by molar-refractivity contribution is 5.77. The highest BCUT2D eigenvalue weighted by Crippen LogP contribution is 2.29. The van der Waals surface area contributed by atoms with Gasteiger partial charge in [0.2, 0.25) is 5.91 Å². The van der Waals surface area contributed by atoms with Gasteiger partial charge in [-0.25, -0.2) is 0 Å². The lowest BCUT2D eigenvalue weighted by Crippen LogP contribution is -2.42. The van der Waals surface area contributed by atoms with Crippen molar-refractivity contribution in [2.45, 2.75) is 44.6 Å². The summed E-state index contributed by atoms with van der Waals surface area (Å²) in [5.74, 6) is 1.85. The molecule has 3 rings (SSSR count). The van der Waals surface area contributed by atoms with E-state index in [1.165, 1.54) is 25.7 Å². The highest BCUT2D eigenvalue weighted by atomic mass is 16.3. The third-order valence-corrected chi connectivity index (χ3v) is 4.33. The first-order chi connectivity index (χ1) is 9.83. The van der Waals surface area contributed by atoms with Gasteiger partial charge in [-0.2, -0.15) is 0 Å². The van der Waals surface area contributed by atoms with E-state index in [1.807, 2.05) is 12.1 Å². The van der Waals surface area contributed by atoms with E-state index < -0.39 is 0 Å². The number of nitrogens with zero attached hydrogens (tertiary/aromatic N) is 1. The van der Waals surface area contributed by atoms with E-state index in [1.54, 1.807) is 6.26 Å². The summed E-state index contributed by atoms with van der Waals surface area (Å²) in [5, 5.41) is 3.44. The zero-order valence-corrected chi connectivity index (χ0v) is 12.0. The highest BCUT2D eigenvalue weighted by Gasteiger charge is 2.33. The number of aryl methyl sites for hydroxylation is 1. The van der Waals surface area contributed by atoms with E-state index in [0.717, 1.165) is 31.8 Å². The molecule has 2 aliphatic rings. The molecule has 1 saturated heterocycles. The van der Waals surface area contributed by atoms with Crippen LogP contribution < -0.4 is 5.32 Å². The monoisotopic (exact) mass is 276 g/mol. The average molecular weight is 276 g/mol. The molecule has 0 radical (unpaired) electrons. The lowest BCUT2D eigenvalue weighted by molar-refractivity contribution is -0.132. The Morgan fingerprint density at radius 1 is 1.40 bits per heavy atom. The Morgan fingerprint density at radius 3 is 2.95 bits per heavy atom. The van der Waals surface area contributed by atoms with Crippen LogP contribution in [0.2, 0.25) is 0 Å². The number of hydrogen-bond acceptors (Lipinski definition) is 3. The van der Waals surface area contributed by atoms with E-state index >= 15 is 0 Å². The smallest absolute Gasteiger partial charge is 0.223 e. The summed E-state index contributed by atoms with van der Waals surface area (Å²) in [7, 11) is 0. The quantitative estimate of drug-likeness (QED) is 0.866. The zero-order chi connectivity index (χ0) is 13.8. The number of amides is 1. The minimum atomic E-state index is 0.300. The molecule has 1 atom stereocenters. The summed E-state index contributed by atoms with van der Waals surface area (Å²) in [4.78, 5) is 14.6. The predicted molar refractivity (Wildman–Crippen MR) is 77.4 cm³/mol. The summed E-state index contributed by atoms with van der Waals surface area (Å²) in [6, 6.07) is 4.34. The SMILES string of the molecule is O=C(CCc1ccco1)N(CC1CCCNC1)C1CC1. The predicted octanol–water partition coefficient (Wildman–Crippen LogP) is 2.20. The van der Waals surface area contributed by atoms with Gasteiger partial charge in [0.1, 0.15) is 5.76 Å². The Kier molecular flexibility index (Phi) is 4.41. The molecule has 110 valence electrons. The molecule has 2 heterocycles. The Morgan fingerprint density at radius 2 is 2.30 bits per heavy atom. The van der Waals surface area contributed by atoms with Crippen LogP contribution in [0.5, 0.6) is 0 Å². The largest absolute Gasteiger partial charge is 0.469 e. The Hall–Kier alpha value is -1.29. The van der Waals surface area contributed by atoms with Gasteiger partial charge in [0, 0.05) is 25.4 Å². The summed E-state index contributed by atoms with van der Waals surface area (Å²) in [5.41, 5.74) is 0. The third-order valence-electron chi connectivity index (χ3n) is 4.33. The average Bonchev–Trinajstić information content (AvgIpc) is 3.19. The summed E-state index contributed by atoms with van der Waals surface area (Å²) in [6.07, 6.45) is 7.83. The molecule has 1 unspecified atom stereocenters. The topological polar surface area (TPSA) is 45.5 Å². The summed E-state index contributed by atoms with van der Waals surface area (Å²) in [6.45, 7) is 3.13. The third kappa shape index (κ3) is 3.63. The fourth-order valence-electron chi connectivity index (χ4n) is 3.03. The number of carbonyl (C=O) groups excluding carboxylic acids is 1. The molecule has 20 heavy (non-hydrogen) atoms. The Labute approximate surface area is 120 Å². The van der Waals surface area contributed by atoms with Crippen molar-refractivity contribution in [3.63, 3.8) is 0 Å². The molecule has 0 spiro atoms. The van der Waals surface area contributed by atoms with E-state index in [-0.39, 0.29) is 0 Å². The second kappa shape index (κ2) is 6.44. The first kappa shape index (κ1) is 13.7. The van der Waals surface area contributed by atoms with Crippen LogP contribution in [0.25, 0.3) is 0 Å². The summed E-state index contributed by atoms with van der Waals surface area (Å²) < 4.78 is 5.31. The Balaban J connectivity index is 1.51. The van der Waals surface area contributed by atoms with Crippen molar-refractivity contribution in [2.24, 2.45) is 5.92 Å². The van der Waals surface area contributed by atoms with Crippen LogP contribution in [-0.4, -0.2) is 36.5 Å². The minimum absolute atomic E-state index is 0.300. The van der Waals surface area contributed by atoms with Crippen LogP contribution >= 0.6 is 0 Å². The standard InChI is InChI=1S/C16H24N2O2/c19-16(8-7-15-4-2-10-20-15)18(14-5-6-14)12-13-3-1-9-17-11-13/h2,4,10,13-14,17H,1,3,5-9,11-12H2. The zero-order valence-electron chi connectivity index (χ0n) is 12.0. The molecule has 1 aromatic heterocycles. The summed E-state index contributed by atoms with van der Waals surface area (Å²) >= 11 is 0. The van der Waals surface area contributed by atoms with E-state index in [9.17, 15) is 4.79 Å². The van der Waals surface area contributed by atoms with Crippen LogP contribution in [0.1, 0.15) is 37.9 Å². The van der Waals surface area contributed by atoms with E-state index in [4.69, 9.17) is 4.42 Å². The van der Waals surface area contributed by atoms with Crippen molar-refractivity contribution in [3.8, 4) is 0 Å². The minimum Gasteiger partial charge on any atom is -0.469 e. The molecule has 2 fully saturated rings. The van der Waals surface area contributed by atoms with Crippen molar-refractivity contribution < 1.29 is 9.21 Å². The molecule has 1 aromatic rings. The molecule has 4 nitrogen and oxygen atoms in total. The van der Waals surface area contributed by atoms with Crippen LogP contribution in [0, 0.1) is 5.92 Å². The van der Waals surface area contributed by atoms with Gasteiger partial charge in [-0.3, -0.25) is 4.79 Å². The maximum absolute atomic E-state index is 12.5. The molecule has 1 amide bonds. The first-order valence-electron chi connectivity index (χ1n) is 7.85. The van der Waals surface area contributed by atoms with Crippen LogP contribution in [-0.2, 0) is 11.2 Å². The van der Waals surface area contributed by atoms with Crippen LogP contribution in [0.4, 0.5) is 0 Å². The van der Waals surface area contributed by atoms with Gasteiger partial charge in [-0.15, -0.1) is 0 Å². The normalized spacial score (nSPS) is 22.7. The number of hydrogen-bond donors (Lipinski definition) is 1.